The monoisotopic (exact) mass is 363 g/mol. The Hall–Kier alpha value is -2.01. The molecule has 0 aliphatic heterocycles. The second-order valence-corrected chi connectivity index (χ2v) is 5.64. The minimum atomic E-state index is 0.451. The van der Waals surface area contributed by atoms with Crippen LogP contribution < -0.4 is 9.47 Å². The normalized spacial score (nSPS) is 10.9. The van der Waals surface area contributed by atoms with Gasteiger partial charge in [0.1, 0.15) is 6.61 Å². The summed E-state index contributed by atoms with van der Waals surface area (Å²) in [6.45, 7) is 4.93. The first-order chi connectivity index (χ1) is 10.6. The van der Waals surface area contributed by atoms with E-state index in [9.17, 15) is 0 Å². The second kappa shape index (κ2) is 7.84. The summed E-state index contributed by atoms with van der Waals surface area (Å²) < 4.78 is 12.3. The number of oxime groups is 1. The Balaban J connectivity index is 2.22. The summed E-state index contributed by atoms with van der Waals surface area (Å²) in [5, 5.41) is 11.7. The van der Waals surface area contributed by atoms with Crippen molar-refractivity contribution in [1.82, 2.24) is 0 Å². The van der Waals surface area contributed by atoms with Crippen molar-refractivity contribution < 1.29 is 14.7 Å². The number of rotatable bonds is 6. The van der Waals surface area contributed by atoms with Crippen molar-refractivity contribution >= 4 is 22.1 Å². The SMILES string of the molecule is CCOc1cc(C=NO)cc(Br)c1OCc1ccc(C)cc1. The summed E-state index contributed by atoms with van der Waals surface area (Å²) in [6, 6.07) is 11.8. The highest BCUT2D eigenvalue weighted by molar-refractivity contribution is 9.10. The zero-order valence-corrected chi connectivity index (χ0v) is 14.1. The highest BCUT2D eigenvalue weighted by atomic mass is 79.9. The van der Waals surface area contributed by atoms with Crippen LogP contribution in [-0.4, -0.2) is 18.0 Å². The molecule has 0 amide bonds. The number of ether oxygens (including phenoxy) is 2. The highest BCUT2D eigenvalue weighted by Crippen LogP contribution is 2.37. The van der Waals surface area contributed by atoms with Crippen molar-refractivity contribution in [3.05, 3.63) is 57.6 Å². The molecule has 5 heteroatoms. The molecule has 0 spiro atoms. The molecule has 0 bridgehead atoms. The maximum absolute atomic E-state index is 8.66. The minimum Gasteiger partial charge on any atom is -0.490 e. The van der Waals surface area contributed by atoms with Crippen LogP contribution in [0.4, 0.5) is 0 Å². The maximum Gasteiger partial charge on any atom is 0.175 e. The van der Waals surface area contributed by atoms with Crippen LogP contribution in [0.1, 0.15) is 23.6 Å². The number of hydrogen-bond acceptors (Lipinski definition) is 4. The van der Waals surface area contributed by atoms with E-state index in [1.165, 1.54) is 11.8 Å². The number of nitrogens with zero attached hydrogens (tertiary/aromatic N) is 1. The van der Waals surface area contributed by atoms with Gasteiger partial charge in [0, 0.05) is 5.56 Å². The molecular formula is C17H18BrNO3. The summed E-state index contributed by atoms with van der Waals surface area (Å²) in [7, 11) is 0. The molecule has 0 saturated carbocycles. The molecule has 0 saturated heterocycles. The van der Waals surface area contributed by atoms with Crippen LogP contribution in [0.3, 0.4) is 0 Å². The van der Waals surface area contributed by atoms with Gasteiger partial charge in [0.25, 0.3) is 0 Å². The lowest BCUT2D eigenvalue weighted by Crippen LogP contribution is -2.01. The van der Waals surface area contributed by atoms with Gasteiger partial charge in [0.15, 0.2) is 11.5 Å². The fraction of sp³-hybridized carbons (Fsp3) is 0.235. The van der Waals surface area contributed by atoms with Gasteiger partial charge in [-0.3, -0.25) is 0 Å². The molecule has 0 aromatic heterocycles. The molecule has 0 unspecified atom stereocenters. The van der Waals surface area contributed by atoms with Crippen LogP contribution in [0.2, 0.25) is 0 Å². The van der Waals surface area contributed by atoms with E-state index in [0.717, 1.165) is 15.6 Å². The van der Waals surface area contributed by atoms with Crippen molar-refractivity contribution in [2.75, 3.05) is 6.61 Å². The van der Waals surface area contributed by atoms with E-state index >= 15 is 0 Å². The van der Waals surface area contributed by atoms with Crippen molar-refractivity contribution in [3.63, 3.8) is 0 Å². The Morgan fingerprint density at radius 1 is 1.18 bits per heavy atom. The zero-order valence-electron chi connectivity index (χ0n) is 12.5. The molecule has 4 nitrogen and oxygen atoms in total. The van der Waals surface area contributed by atoms with E-state index in [2.05, 4.69) is 40.1 Å². The predicted molar refractivity (Wildman–Crippen MR) is 90.2 cm³/mol. The highest BCUT2D eigenvalue weighted by Gasteiger charge is 2.12. The molecule has 0 fully saturated rings. The third-order valence-electron chi connectivity index (χ3n) is 3.04. The van der Waals surface area contributed by atoms with E-state index in [0.29, 0.717) is 24.7 Å². The Kier molecular flexibility index (Phi) is 5.83. The third kappa shape index (κ3) is 4.24. The summed E-state index contributed by atoms with van der Waals surface area (Å²) in [6.07, 6.45) is 1.34. The number of benzene rings is 2. The summed E-state index contributed by atoms with van der Waals surface area (Å²) in [4.78, 5) is 0. The van der Waals surface area contributed by atoms with Gasteiger partial charge in [-0.1, -0.05) is 35.0 Å². The van der Waals surface area contributed by atoms with Crippen LogP contribution in [0.15, 0.2) is 46.0 Å². The molecule has 2 rings (SSSR count). The van der Waals surface area contributed by atoms with E-state index < -0.39 is 0 Å². The molecule has 0 aliphatic carbocycles. The van der Waals surface area contributed by atoms with Crippen molar-refractivity contribution in [2.45, 2.75) is 20.5 Å². The molecule has 22 heavy (non-hydrogen) atoms. The van der Waals surface area contributed by atoms with E-state index in [1.54, 1.807) is 6.07 Å². The third-order valence-corrected chi connectivity index (χ3v) is 3.63. The Morgan fingerprint density at radius 3 is 2.55 bits per heavy atom. The predicted octanol–water partition coefficient (Wildman–Crippen LogP) is 4.54. The van der Waals surface area contributed by atoms with Gasteiger partial charge < -0.3 is 14.7 Å². The Labute approximate surface area is 138 Å². The fourth-order valence-corrected chi connectivity index (χ4v) is 2.55. The van der Waals surface area contributed by atoms with Gasteiger partial charge in [0.05, 0.1) is 17.3 Å². The van der Waals surface area contributed by atoms with Crippen LogP contribution in [-0.2, 0) is 6.61 Å². The van der Waals surface area contributed by atoms with Crippen LogP contribution >= 0.6 is 15.9 Å². The Bertz CT molecular complexity index is 654. The number of aryl methyl sites for hydroxylation is 1. The number of halogens is 1. The smallest absolute Gasteiger partial charge is 0.175 e. The van der Waals surface area contributed by atoms with Gasteiger partial charge in [0.2, 0.25) is 0 Å². The quantitative estimate of drug-likeness (QED) is 0.465. The average molecular weight is 364 g/mol. The molecule has 1 N–H and O–H groups in total. The van der Waals surface area contributed by atoms with Gasteiger partial charge >= 0.3 is 0 Å². The summed E-state index contributed by atoms with van der Waals surface area (Å²) in [5.41, 5.74) is 3.02. The molecule has 0 radical (unpaired) electrons. The first kappa shape index (κ1) is 16.4. The van der Waals surface area contributed by atoms with E-state index in [4.69, 9.17) is 14.7 Å². The van der Waals surface area contributed by atoms with Crippen molar-refractivity contribution in [3.8, 4) is 11.5 Å². The lowest BCUT2D eigenvalue weighted by Gasteiger charge is -2.14. The van der Waals surface area contributed by atoms with Crippen LogP contribution in [0.5, 0.6) is 11.5 Å². The van der Waals surface area contributed by atoms with E-state index in [-0.39, 0.29) is 0 Å². The van der Waals surface area contributed by atoms with Gasteiger partial charge in [-0.05, 0) is 47.5 Å². The fourth-order valence-electron chi connectivity index (χ4n) is 1.97. The molecule has 0 aliphatic rings. The van der Waals surface area contributed by atoms with E-state index in [1.807, 2.05) is 25.1 Å². The lowest BCUT2D eigenvalue weighted by molar-refractivity contribution is 0.267. The lowest BCUT2D eigenvalue weighted by atomic mass is 10.2. The van der Waals surface area contributed by atoms with Crippen LogP contribution in [0, 0.1) is 6.92 Å². The maximum atomic E-state index is 8.66. The van der Waals surface area contributed by atoms with Crippen molar-refractivity contribution in [1.29, 1.82) is 0 Å². The molecule has 0 atom stereocenters. The van der Waals surface area contributed by atoms with Gasteiger partial charge in [-0.25, -0.2) is 0 Å². The van der Waals surface area contributed by atoms with Gasteiger partial charge in [-0.2, -0.15) is 0 Å². The second-order valence-electron chi connectivity index (χ2n) is 4.78. The average Bonchev–Trinajstić information content (AvgIpc) is 2.49. The minimum absolute atomic E-state index is 0.451. The summed E-state index contributed by atoms with van der Waals surface area (Å²) >= 11 is 3.47. The topological polar surface area (TPSA) is 51.0 Å². The molecule has 0 heterocycles. The first-order valence-corrected chi connectivity index (χ1v) is 7.75. The van der Waals surface area contributed by atoms with Crippen LogP contribution in [0.25, 0.3) is 0 Å². The largest absolute Gasteiger partial charge is 0.490 e. The van der Waals surface area contributed by atoms with Gasteiger partial charge in [-0.15, -0.1) is 0 Å². The standard InChI is InChI=1S/C17H18BrNO3/c1-3-21-16-9-14(10-19-20)8-15(18)17(16)22-11-13-6-4-12(2)5-7-13/h4-10,20H,3,11H2,1-2H3. The molecule has 2 aromatic rings. The Morgan fingerprint density at radius 2 is 1.91 bits per heavy atom. The summed E-state index contributed by atoms with van der Waals surface area (Å²) in [5.74, 6) is 1.25. The zero-order chi connectivity index (χ0) is 15.9. The first-order valence-electron chi connectivity index (χ1n) is 6.96. The van der Waals surface area contributed by atoms with Crippen molar-refractivity contribution in [2.24, 2.45) is 5.16 Å². The molecule has 116 valence electrons. The molecular weight excluding hydrogens is 346 g/mol. The number of hydrogen-bond donors (Lipinski definition) is 1. The molecule has 2 aromatic carbocycles.